The Bertz CT molecular complexity index is 156. The summed E-state index contributed by atoms with van der Waals surface area (Å²) >= 11 is 0. The molecule has 1 fully saturated rings. The van der Waals surface area contributed by atoms with Crippen molar-refractivity contribution >= 4 is 6.29 Å². The van der Waals surface area contributed by atoms with Crippen LogP contribution in [0.1, 0.15) is 33.6 Å². The van der Waals surface area contributed by atoms with Crippen LogP contribution in [0.4, 0.5) is 0 Å². The molecule has 0 radical (unpaired) electrons. The molecule has 0 bridgehead atoms. The highest BCUT2D eigenvalue weighted by molar-refractivity contribution is 5.50. The molecule has 0 aromatic carbocycles. The van der Waals surface area contributed by atoms with Crippen molar-refractivity contribution in [3.8, 4) is 0 Å². The molecule has 0 unspecified atom stereocenters. The van der Waals surface area contributed by atoms with Crippen molar-refractivity contribution in [1.29, 1.82) is 0 Å². The number of aldehydes is 1. The van der Waals surface area contributed by atoms with E-state index in [0.717, 1.165) is 6.29 Å². The van der Waals surface area contributed by atoms with Crippen molar-refractivity contribution < 1.29 is 9.53 Å². The van der Waals surface area contributed by atoms with Crippen LogP contribution in [0.25, 0.3) is 0 Å². The van der Waals surface area contributed by atoms with Gasteiger partial charge in [0, 0.05) is 6.42 Å². The molecule has 1 aliphatic rings. The Morgan fingerprint density at radius 3 is 2.58 bits per heavy atom. The molecule has 12 heavy (non-hydrogen) atoms. The molecule has 0 spiro atoms. The minimum absolute atomic E-state index is 0.161. The first-order valence-corrected chi connectivity index (χ1v) is 4.74. The standard InChI is InChI=1S/C10H18O2/c1-7-6-8(2)10(4-5-11)12-9(7)3/h5,7-10H,4,6H2,1-3H3/t7-,8+,9-,10+/m1/s1. The molecular weight excluding hydrogens is 152 g/mol. The average molecular weight is 170 g/mol. The van der Waals surface area contributed by atoms with Crippen molar-refractivity contribution in [3.05, 3.63) is 0 Å². The summed E-state index contributed by atoms with van der Waals surface area (Å²) in [6.45, 7) is 6.46. The van der Waals surface area contributed by atoms with E-state index in [-0.39, 0.29) is 6.10 Å². The van der Waals surface area contributed by atoms with Crippen LogP contribution in [0.15, 0.2) is 0 Å². The van der Waals surface area contributed by atoms with Gasteiger partial charge in [0.05, 0.1) is 12.2 Å². The zero-order valence-electron chi connectivity index (χ0n) is 8.12. The van der Waals surface area contributed by atoms with Crippen molar-refractivity contribution in [1.82, 2.24) is 0 Å². The molecule has 0 N–H and O–H groups in total. The molecule has 4 atom stereocenters. The summed E-state index contributed by atoms with van der Waals surface area (Å²) in [5, 5.41) is 0. The van der Waals surface area contributed by atoms with E-state index in [2.05, 4.69) is 20.8 Å². The van der Waals surface area contributed by atoms with E-state index in [0.29, 0.717) is 24.4 Å². The van der Waals surface area contributed by atoms with E-state index in [4.69, 9.17) is 4.74 Å². The Balaban J connectivity index is 2.49. The van der Waals surface area contributed by atoms with Gasteiger partial charge >= 0.3 is 0 Å². The second-order valence-corrected chi connectivity index (χ2v) is 3.97. The van der Waals surface area contributed by atoms with Gasteiger partial charge in [-0.1, -0.05) is 13.8 Å². The molecule has 1 saturated heterocycles. The van der Waals surface area contributed by atoms with Gasteiger partial charge in [-0.3, -0.25) is 0 Å². The monoisotopic (exact) mass is 170 g/mol. The molecule has 0 saturated carbocycles. The van der Waals surface area contributed by atoms with Gasteiger partial charge in [0.2, 0.25) is 0 Å². The van der Waals surface area contributed by atoms with Crippen LogP contribution in [0.3, 0.4) is 0 Å². The summed E-state index contributed by atoms with van der Waals surface area (Å²) in [5.41, 5.74) is 0. The first-order valence-electron chi connectivity index (χ1n) is 4.74. The molecule has 2 heteroatoms. The van der Waals surface area contributed by atoms with Crippen LogP contribution in [-0.2, 0) is 9.53 Å². The van der Waals surface area contributed by atoms with Gasteiger partial charge in [-0.2, -0.15) is 0 Å². The van der Waals surface area contributed by atoms with Gasteiger partial charge in [-0.25, -0.2) is 0 Å². The second kappa shape index (κ2) is 4.04. The topological polar surface area (TPSA) is 26.3 Å². The van der Waals surface area contributed by atoms with E-state index >= 15 is 0 Å². The third kappa shape index (κ3) is 2.07. The van der Waals surface area contributed by atoms with E-state index < -0.39 is 0 Å². The minimum Gasteiger partial charge on any atom is -0.374 e. The number of hydrogen-bond acceptors (Lipinski definition) is 2. The van der Waals surface area contributed by atoms with Crippen LogP contribution in [0, 0.1) is 11.8 Å². The lowest BCUT2D eigenvalue weighted by Crippen LogP contribution is -2.37. The summed E-state index contributed by atoms with van der Waals surface area (Å²) in [7, 11) is 0. The maximum Gasteiger partial charge on any atom is 0.122 e. The predicted octanol–water partition coefficient (Wildman–Crippen LogP) is 2.02. The summed E-state index contributed by atoms with van der Waals surface area (Å²) in [6, 6.07) is 0. The van der Waals surface area contributed by atoms with Gasteiger partial charge in [0.25, 0.3) is 0 Å². The van der Waals surface area contributed by atoms with Crippen molar-refractivity contribution in [2.75, 3.05) is 0 Å². The highest BCUT2D eigenvalue weighted by Crippen LogP contribution is 2.30. The lowest BCUT2D eigenvalue weighted by Gasteiger charge is -2.36. The Morgan fingerprint density at radius 2 is 2.00 bits per heavy atom. The van der Waals surface area contributed by atoms with Crippen LogP contribution in [0.2, 0.25) is 0 Å². The molecule has 1 aliphatic heterocycles. The van der Waals surface area contributed by atoms with Crippen LogP contribution >= 0.6 is 0 Å². The van der Waals surface area contributed by atoms with Crippen LogP contribution < -0.4 is 0 Å². The molecule has 0 aromatic rings. The lowest BCUT2D eigenvalue weighted by molar-refractivity contribution is -0.122. The average Bonchev–Trinajstić information content (AvgIpc) is 2.01. The van der Waals surface area contributed by atoms with E-state index in [1.807, 2.05) is 0 Å². The number of ether oxygens (including phenoxy) is 1. The first-order chi connectivity index (χ1) is 5.65. The summed E-state index contributed by atoms with van der Waals surface area (Å²) in [4.78, 5) is 10.3. The normalized spacial score (nSPS) is 42.6. The molecule has 1 heterocycles. The molecule has 0 amide bonds. The number of rotatable bonds is 2. The fraction of sp³-hybridized carbons (Fsp3) is 0.900. The van der Waals surface area contributed by atoms with Crippen LogP contribution in [0.5, 0.6) is 0 Å². The fourth-order valence-corrected chi connectivity index (χ4v) is 1.86. The summed E-state index contributed by atoms with van der Waals surface area (Å²) in [6.07, 6.45) is 3.17. The first kappa shape index (κ1) is 9.72. The van der Waals surface area contributed by atoms with Gasteiger partial charge in [0.15, 0.2) is 0 Å². The van der Waals surface area contributed by atoms with E-state index in [9.17, 15) is 4.79 Å². The summed E-state index contributed by atoms with van der Waals surface area (Å²) in [5.74, 6) is 1.16. The maximum absolute atomic E-state index is 10.3. The Kier molecular flexibility index (Phi) is 3.27. The van der Waals surface area contributed by atoms with E-state index in [1.54, 1.807) is 0 Å². The second-order valence-electron chi connectivity index (χ2n) is 3.97. The third-order valence-electron chi connectivity index (χ3n) is 2.90. The lowest BCUT2D eigenvalue weighted by atomic mass is 9.85. The minimum atomic E-state index is 0.161. The van der Waals surface area contributed by atoms with Gasteiger partial charge < -0.3 is 9.53 Å². The van der Waals surface area contributed by atoms with E-state index in [1.165, 1.54) is 6.42 Å². The zero-order valence-corrected chi connectivity index (χ0v) is 8.12. The quantitative estimate of drug-likeness (QED) is 0.593. The fourth-order valence-electron chi connectivity index (χ4n) is 1.86. The highest BCUT2D eigenvalue weighted by Gasteiger charge is 2.30. The molecule has 0 aliphatic carbocycles. The molecule has 0 aromatic heterocycles. The Labute approximate surface area is 74.3 Å². The SMILES string of the molecule is C[C@@H]1C[C@H](C)[C@H](CC=O)O[C@@H]1C. The zero-order chi connectivity index (χ0) is 9.14. The van der Waals surface area contributed by atoms with Crippen LogP contribution in [-0.4, -0.2) is 18.5 Å². The third-order valence-corrected chi connectivity index (χ3v) is 2.90. The van der Waals surface area contributed by atoms with Crippen molar-refractivity contribution in [2.24, 2.45) is 11.8 Å². The van der Waals surface area contributed by atoms with Crippen molar-refractivity contribution in [3.63, 3.8) is 0 Å². The predicted molar refractivity (Wildman–Crippen MR) is 48.0 cm³/mol. The largest absolute Gasteiger partial charge is 0.374 e. The van der Waals surface area contributed by atoms with Crippen molar-refractivity contribution in [2.45, 2.75) is 45.8 Å². The maximum atomic E-state index is 10.3. The number of carbonyl (C=O) groups excluding carboxylic acids is 1. The highest BCUT2D eigenvalue weighted by atomic mass is 16.5. The van der Waals surface area contributed by atoms with Gasteiger partial charge in [-0.05, 0) is 25.2 Å². The molecular formula is C10H18O2. The Hall–Kier alpha value is -0.370. The molecule has 2 nitrogen and oxygen atoms in total. The number of hydrogen-bond donors (Lipinski definition) is 0. The Morgan fingerprint density at radius 1 is 1.33 bits per heavy atom. The molecule has 70 valence electrons. The summed E-state index contributed by atoms with van der Waals surface area (Å²) < 4.78 is 5.72. The smallest absolute Gasteiger partial charge is 0.122 e. The molecule has 1 rings (SSSR count). The van der Waals surface area contributed by atoms with Gasteiger partial charge in [-0.15, -0.1) is 0 Å². The number of carbonyl (C=O) groups is 1. The van der Waals surface area contributed by atoms with Gasteiger partial charge in [0.1, 0.15) is 6.29 Å².